The first-order valence-electron chi connectivity index (χ1n) is 5.79. The molecule has 1 saturated heterocycles. The molecule has 0 radical (unpaired) electrons. The van der Waals surface area contributed by atoms with Crippen LogP contribution in [0.25, 0.3) is 0 Å². The second-order valence-corrected chi connectivity index (χ2v) is 6.14. The second-order valence-electron chi connectivity index (χ2n) is 4.72. The summed E-state index contributed by atoms with van der Waals surface area (Å²) in [6, 6.07) is 0. The van der Waals surface area contributed by atoms with Gasteiger partial charge in [-0.25, -0.2) is 4.98 Å². The molecule has 1 aromatic rings. The van der Waals surface area contributed by atoms with E-state index in [0.717, 1.165) is 34.9 Å². The van der Waals surface area contributed by atoms with Crippen LogP contribution in [0.5, 0.6) is 0 Å². The molecule has 1 N–H and O–H groups in total. The first-order chi connectivity index (χ1) is 7.78. The van der Waals surface area contributed by atoms with Crippen LogP contribution in [-0.4, -0.2) is 23.2 Å². The third-order valence-corrected chi connectivity index (χ3v) is 5.30. The number of aliphatic hydroxyl groups is 1. The van der Waals surface area contributed by atoms with Gasteiger partial charge in [0.05, 0.1) is 11.5 Å². The van der Waals surface area contributed by atoms with Crippen LogP contribution in [0, 0.1) is 11.8 Å². The Kier molecular flexibility index (Phi) is 2.81. The molecular formula is C11H15ClN2OS. The van der Waals surface area contributed by atoms with Crippen LogP contribution in [0.2, 0.25) is 5.15 Å². The summed E-state index contributed by atoms with van der Waals surface area (Å²) in [7, 11) is 0. The zero-order chi connectivity index (χ0) is 11.1. The molecule has 2 unspecified atom stereocenters. The Labute approximate surface area is 104 Å². The lowest BCUT2D eigenvalue weighted by Crippen LogP contribution is -2.20. The molecule has 0 amide bonds. The van der Waals surface area contributed by atoms with Gasteiger partial charge >= 0.3 is 0 Å². The van der Waals surface area contributed by atoms with Crippen molar-refractivity contribution in [2.45, 2.75) is 25.9 Å². The molecule has 3 rings (SSSR count). The van der Waals surface area contributed by atoms with Crippen molar-refractivity contribution in [3.8, 4) is 0 Å². The number of halogens is 1. The van der Waals surface area contributed by atoms with Crippen molar-refractivity contribution in [3.63, 3.8) is 0 Å². The molecule has 2 heterocycles. The minimum atomic E-state index is -0.00278. The lowest BCUT2D eigenvalue weighted by Gasteiger charge is -2.15. The average molecular weight is 259 g/mol. The summed E-state index contributed by atoms with van der Waals surface area (Å²) in [5.41, 5.74) is 0. The van der Waals surface area contributed by atoms with Gasteiger partial charge in [0.15, 0.2) is 5.13 Å². The molecule has 0 spiro atoms. The number of nitrogens with zero attached hydrogens (tertiary/aromatic N) is 2. The fraction of sp³-hybridized carbons (Fsp3) is 0.727. The standard InChI is InChI=1S/C11H15ClN2OS/c12-10-9(6-15)16-11(13-10)14-4-7-2-1-3-8(7)5-14/h7-8,15H,1-6H2. The summed E-state index contributed by atoms with van der Waals surface area (Å²) in [5.74, 6) is 1.72. The van der Waals surface area contributed by atoms with Crippen LogP contribution in [0.3, 0.4) is 0 Å². The van der Waals surface area contributed by atoms with Gasteiger partial charge in [0, 0.05) is 13.1 Å². The zero-order valence-corrected chi connectivity index (χ0v) is 10.6. The molecule has 88 valence electrons. The lowest BCUT2D eigenvalue weighted by atomic mass is 10.0. The fourth-order valence-corrected chi connectivity index (χ4v) is 4.08. The second kappa shape index (κ2) is 4.17. The number of aliphatic hydroxyl groups excluding tert-OH is 1. The molecule has 0 aromatic carbocycles. The molecule has 0 bridgehead atoms. The van der Waals surface area contributed by atoms with Crippen molar-refractivity contribution in [1.82, 2.24) is 4.98 Å². The molecule has 2 fully saturated rings. The van der Waals surface area contributed by atoms with E-state index in [1.165, 1.54) is 30.6 Å². The summed E-state index contributed by atoms with van der Waals surface area (Å²) in [6.45, 7) is 2.25. The number of thiazole rings is 1. The minimum Gasteiger partial charge on any atom is -0.391 e. The third-order valence-electron chi connectivity index (χ3n) is 3.78. The maximum atomic E-state index is 9.10. The topological polar surface area (TPSA) is 36.4 Å². The Bertz CT molecular complexity index is 383. The number of fused-ring (bicyclic) bond motifs is 1. The molecule has 2 aliphatic rings. The highest BCUT2D eigenvalue weighted by molar-refractivity contribution is 7.16. The van der Waals surface area contributed by atoms with Crippen LogP contribution in [0.15, 0.2) is 0 Å². The predicted molar refractivity (Wildman–Crippen MR) is 66.1 cm³/mol. The Morgan fingerprint density at radius 2 is 2.06 bits per heavy atom. The summed E-state index contributed by atoms with van der Waals surface area (Å²) in [5, 5.41) is 10.6. The highest BCUT2D eigenvalue weighted by Gasteiger charge is 2.37. The van der Waals surface area contributed by atoms with Crippen LogP contribution in [0.4, 0.5) is 5.13 Å². The van der Waals surface area contributed by atoms with Crippen molar-refractivity contribution in [2.24, 2.45) is 11.8 Å². The largest absolute Gasteiger partial charge is 0.391 e. The molecule has 16 heavy (non-hydrogen) atoms. The average Bonchev–Trinajstić information content (AvgIpc) is 2.88. The summed E-state index contributed by atoms with van der Waals surface area (Å²) in [4.78, 5) is 7.46. The Balaban J connectivity index is 1.78. The van der Waals surface area contributed by atoms with Gasteiger partial charge in [-0.3, -0.25) is 0 Å². The number of hydrogen-bond acceptors (Lipinski definition) is 4. The van der Waals surface area contributed by atoms with Gasteiger partial charge in [-0.1, -0.05) is 29.4 Å². The van der Waals surface area contributed by atoms with Crippen molar-refractivity contribution in [3.05, 3.63) is 10.0 Å². The van der Waals surface area contributed by atoms with Crippen molar-refractivity contribution in [2.75, 3.05) is 18.0 Å². The lowest BCUT2D eigenvalue weighted by molar-refractivity contribution is 0.285. The van der Waals surface area contributed by atoms with Crippen LogP contribution >= 0.6 is 22.9 Å². The van der Waals surface area contributed by atoms with E-state index < -0.39 is 0 Å². The van der Waals surface area contributed by atoms with Gasteiger partial charge in [-0.2, -0.15) is 0 Å². The fourth-order valence-electron chi connectivity index (χ4n) is 2.95. The van der Waals surface area contributed by atoms with Crippen LogP contribution < -0.4 is 4.90 Å². The minimum absolute atomic E-state index is 0.00278. The van der Waals surface area contributed by atoms with Gasteiger partial charge in [-0.15, -0.1) is 0 Å². The molecule has 1 aliphatic heterocycles. The molecule has 5 heteroatoms. The monoisotopic (exact) mass is 258 g/mol. The van der Waals surface area contributed by atoms with Gasteiger partial charge < -0.3 is 10.0 Å². The van der Waals surface area contributed by atoms with Crippen LogP contribution in [-0.2, 0) is 6.61 Å². The van der Waals surface area contributed by atoms with Crippen LogP contribution in [0.1, 0.15) is 24.1 Å². The number of aromatic nitrogens is 1. The molecule has 1 aliphatic carbocycles. The Morgan fingerprint density at radius 1 is 1.38 bits per heavy atom. The number of anilines is 1. The first kappa shape index (κ1) is 10.8. The van der Waals surface area contributed by atoms with E-state index in [4.69, 9.17) is 16.7 Å². The van der Waals surface area contributed by atoms with Crippen molar-refractivity contribution in [1.29, 1.82) is 0 Å². The smallest absolute Gasteiger partial charge is 0.187 e. The van der Waals surface area contributed by atoms with E-state index >= 15 is 0 Å². The summed E-state index contributed by atoms with van der Waals surface area (Å²) < 4.78 is 0. The van der Waals surface area contributed by atoms with E-state index in [1.54, 1.807) is 0 Å². The highest BCUT2D eigenvalue weighted by Crippen LogP contribution is 2.41. The molecule has 1 saturated carbocycles. The van der Waals surface area contributed by atoms with Gasteiger partial charge in [0.1, 0.15) is 5.15 Å². The van der Waals surface area contributed by atoms with E-state index in [9.17, 15) is 0 Å². The van der Waals surface area contributed by atoms with E-state index in [2.05, 4.69) is 9.88 Å². The SMILES string of the molecule is OCc1sc(N2CC3CCCC3C2)nc1Cl. The van der Waals surface area contributed by atoms with E-state index in [0.29, 0.717) is 5.15 Å². The predicted octanol–water partition coefficient (Wildman–Crippen LogP) is 2.53. The molecule has 2 atom stereocenters. The van der Waals surface area contributed by atoms with Crippen molar-refractivity contribution >= 4 is 28.1 Å². The van der Waals surface area contributed by atoms with Gasteiger partial charge in [0.25, 0.3) is 0 Å². The summed E-state index contributed by atoms with van der Waals surface area (Å²) in [6.07, 6.45) is 4.13. The van der Waals surface area contributed by atoms with E-state index in [1.807, 2.05) is 0 Å². The summed E-state index contributed by atoms with van der Waals surface area (Å²) >= 11 is 7.49. The normalized spacial score (nSPS) is 28.8. The van der Waals surface area contributed by atoms with Crippen molar-refractivity contribution < 1.29 is 5.11 Å². The first-order valence-corrected chi connectivity index (χ1v) is 6.98. The highest BCUT2D eigenvalue weighted by atomic mass is 35.5. The Morgan fingerprint density at radius 3 is 2.62 bits per heavy atom. The van der Waals surface area contributed by atoms with E-state index in [-0.39, 0.29) is 6.61 Å². The maximum absolute atomic E-state index is 9.10. The Hall–Kier alpha value is -0.320. The van der Waals surface area contributed by atoms with Gasteiger partial charge in [0.2, 0.25) is 0 Å². The molecule has 1 aromatic heterocycles. The quantitative estimate of drug-likeness (QED) is 0.886. The zero-order valence-electron chi connectivity index (χ0n) is 9.03. The number of rotatable bonds is 2. The maximum Gasteiger partial charge on any atom is 0.187 e. The molecular weight excluding hydrogens is 244 g/mol. The third kappa shape index (κ3) is 1.73. The molecule has 3 nitrogen and oxygen atoms in total. The van der Waals surface area contributed by atoms with Gasteiger partial charge in [-0.05, 0) is 24.7 Å². The number of hydrogen-bond donors (Lipinski definition) is 1.